The van der Waals surface area contributed by atoms with E-state index in [1.807, 2.05) is 84.9 Å². The van der Waals surface area contributed by atoms with Gasteiger partial charge in [-0.3, -0.25) is 4.98 Å². The minimum absolute atomic E-state index is 0.257. The highest BCUT2D eigenvalue weighted by Gasteiger charge is 2.41. The summed E-state index contributed by atoms with van der Waals surface area (Å²) in [7, 11) is 1.57. The largest absolute Gasteiger partial charge is 0.495 e. The summed E-state index contributed by atoms with van der Waals surface area (Å²) >= 11 is 0. The third-order valence-corrected chi connectivity index (χ3v) is 7.56. The van der Waals surface area contributed by atoms with Crippen LogP contribution in [0.4, 0.5) is 0 Å². The van der Waals surface area contributed by atoms with Crippen LogP contribution in [-0.2, 0) is 10.3 Å². The maximum atomic E-state index is 13.1. The molecule has 0 aliphatic carbocycles. The molecule has 0 aliphatic rings. The van der Waals surface area contributed by atoms with Crippen molar-refractivity contribution < 1.29 is 14.3 Å². The number of hydrogen-bond donors (Lipinski definition) is 0. The molecule has 0 N–H and O–H groups in total. The average molecular weight is 566 g/mol. The van der Waals surface area contributed by atoms with Crippen molar-refractivity contribution in [2.75, 3.05) is 13.7 Å². The Bertz CT molecular complexity index is 1770. The summed E-state index contributed by atoms with van der Waals surface area (Å²) in [5.41, 5.74) is 5.03. The van der Waals surface area contributed by atoms with Crippen molar-refractivity contribution in [3.05, 3.63) is 161 Å². The molecule has 0 saturated heterocycles. The van der Waals surface area contributed by atoms with Gasteiger partial charge in [-0.25, -0.2) is 9.48 Å². The Balaban J connectivity index is 1.75. The Hall–Kier alpha value is -5.49. The van der Waals surface area contributed by atoms with Crippen molar-refractivity contribution in [3.63, 3.8) is 0 Å². The number of methoxy groups -OCH3 is 1. The molecule has 0 atom stereocenters. The first-order valence-electron chi connectivity index (χ1n) is 14.2. The van der Waals surface area contributed by atoms with Crippen molar-refractivity contribution >= 4 is 29.0 Å². The zero-order valence-electron chi connectivity index (χ0n) is 24.1. The molecule has 0 radical (unpaired) electrons. The standard InChI is InChI=1S/C37H31N3O3/c1-3-43-36(41)31-20-22-33-34(35(31)42-2)32(21-19-27-23-25-38-26-24-27)39-40(33)37(28-13-7-4-8-14-28,29-15-9-5-10-16-29)30-17-11-6-12-18-30/h4-26H,3H2,1-2H3/b21-19+. The molecule has 0 unspecified atom stereocenters. The van der Waals surface area contributed by atoms with E-state index in [1.54, 1.807) is 32.5 Å². The van der Waals surface area contributed by atoms with E-state index in [1.165, 1.54) is 0 Å². The highest BCUT2D eigenvalue weighted by molar-refractivity contribution is 6.04. The SMILES string of the molecule is CCOC(=O)c1ccc2c(c(/C=C/c3ccncc3)nn2C(c2ccccc2)(c2ccccc2)c2ccccc2)c1OC. The summed E-state index contributed by atoms with van der Waals surface area (Å²) in [4.78, 5) is 17.2. The topological polar surface area (TPSA) is 66.2 Å². The number of hydrogen-bond acceptors (Lipinski definition) is 5. The van der Waals surface area contributed by atoms with Gasteiger partial charge in [0.15, 0.2) is 0 Å². The third kappa shape index (κ3) is 4.97. The molecule has 6 rings (SSSR count). The van der Waals surface area contributed by atoms with Crippen molar-refractivity contribution in [1.29, 1.82) is 0 Å². The molecule has 0 fully saturated rings. The quantitative estimate of drug-likeness (QED) is 0.133. The summed E-state index contributed by atoms with van der Waals surface area (Å²) in [6.07, 6.45) is 7.44. The van der Waals surface area contributed by atoms with Gasteiger partial charge in [0, 0.05) is 12.4 Å². The number of rotatable bonds is 9. The second-order valence-electron chi connectivity index (χ2n) is 9.98. The van der Waals surface area contributed by atoms with Crippen LogP contribution in [0.3, 0.4) is 0 Å². The van der Waals surface area contributed by atoms with E-state index in [4.69, 9.17) is 14.6 Å². The Morgan fingerprint density at radius 1 is 0.767 bits per heavy atom. The van der Waals surface area contributed by atoms with Crippen LogP contribution in [0.15, 0.2) is 128 Å². The zero-order valence-corrected chi connectivity index (χ0v) is 24.1. The lowest BCUT2D eigenvalue weighted by atomic mass is 9.77. The van der Waals surface area contributed by atoms with Gasteiger partial charge in [-0.05, 0) is 59.5 Å². The number of ether oxygens (including phenoxy) is 2. The van der Waals surface area contributed by atoms with Crippen molar-refractivity contribution in [1.82, 2.24) is 14.8 Å². The van der Waals surface area contributed by atoms with E-state index in [2.05, 4.69) is 46.1 Å². The minimum atomic E-state index is -0.860. The highest BCUT2D eigenvalue weighted by atomic mass is 16.5. The maximum absolute atomic E-state index is 13.1. The molecule has 212 valence electrons. The fourth-order valence-corrected chi connectivity index (χ4v) is 5.72. The van der Waals surface area contributed by atoms with Crippen LogP contribution in [-0.4, -0.2) is 34.5 Å². The molecule has 6 nitrogen and oxygen atoms in total. The number of esters is 1. The molecular weight excluding hydrogens is 534 g/mol. The number of carbonyl (C=O) groups excluding carboxylic acids is 1. The smallest absolute Gasteiger partial charge is 0.341 e. The van der Waals surface area contributed by atoms with Gasteiger partial charge in [-0.2, -0.15) is 5.10 Å². The zero-order chi connectivity index (χ0) is 29.6. The molecule has 2 heterocycles. The molecule has 0 amide bonds. The molecule has 43 heavy (non-hydrogen) atoms. The lowest BCUT2D eigenvalue weighted by Crippen LogP contribution is -2.38. The van der Waals surface area contributed by atoms with Gasteiger partial charge < -0.3 is 9.47 Å². The number of aromatic nitrogens is 3. The summed E-state index contributed by atoms with van der Waals surface area (Å²) in [5, 5.41) is 6.06. The monoisotopic (exact) mass is 565 g/mol. The minimum Gasteiger partial charge on any atom is -0.495 e. The first-order valence-corrected chi connectivity index (χ1v) is 14.2. The van der Waals surface area contributed by atoms with Gasteiger partial charge in [0.2, 0.25) is 0 Å². The fourth-order valence-electron chi connectivity index (χ4n) is 5.72. The van der Waals surface area contributed by atoms with Gasteiger partial charge in [-0.1, -0.05) is 97.1 Å². The Morgan fingerprint density at radius 3 is 1.84 bits per heavy atom. The van der Waals surface area contributed by atoms with Crippen LogP contribution < -0.4 is 4.74 Å². The average Bonchev–Trinajstić information content (AvgIpc) is 3.44. The lowest BCUT2D eigenvalue weighted by Gasteiger charge is -2.37. The summed E-state index contributed by atoms with van der Waals surface area (Å²) in [6, 6.07) is 38.7. The van der Waals surface area contributed by atoms with E-state index >= 15 is 0 Å². The molecule has 0 spiro atoms. The van der Waals surface area contributed by atoms with Crippen LogP contribution >= 0.6 is 0 Å². The Kier molecular flexibility index (Phi) is 7.83. The number of pyridine rings is 1. The van der Waals surface area contributed by atoms with Crippen LogP contribution in [0.2, 0.25) is 0 Å². The lowest BCUT2D eigenvalue weighted by molar-refractivity contribution is 0.0523. The number of benzene rings is 4. The van der Waals surface area contributed by atoms with Crippen LogP contribution in [0.25, 0.3) is 23.1 Å². The van der Waals surface area contributed by atoms with Gasteiger partial charge in [-0.15, -0.1) is 0 Å². The van der Waals surface area contributed by atoms with Gasteiger partial charge in [0.25, 0.3) is 0 Å². The predicted molar refractivity (Wildman–Crippen MR) is 170 cm³/mol. The number of carbonyl (C=O) groups is 1. The van der Waals surface area contributed by atoms with Crippen LogP contribution in [0.1, 0.15) is 45.2 Å². The van der Waals surface area contributed by atoms with Crippen LogP contribution in [0, 0.1) is 0 Å². The normalized spacial score (nSPS) is 11.6. The fraction of sp³-hybridized carbons (Fsp3) is 0.108. The van der Waals surface area contributed by atoms with Crippen LogP contribution in [0.5, 0.6) is 5.75 Å². The first kappa shape index (κ1) is 27.7. The molecule has 0 saturated carbocycles. The second-order valence-corrected chi connectivity index (χ2v) is 9.98. The van der Waals surface area contributed by atoms with Crippen molar-refractivity contribution in [3.8, 4) is 5.75 Å². The number of fused-ring (bicyclic) bond motifs is 1. The van der Waals surface area contributed by atoms with Gasteiger partial charge >= 0.3 is 5.97 Å². The van der Waals surface area contributed by atoms with Gasteiger partial charge in [0.1, 0.15) is 16.9 Å². The molecule has 6 aromatic rings. The first-order chi connectivity index (χ1) is 21.2. The summed E-state index contributed by atoms with van der Waals surface area (Å²) in [5.74, 6) is -0.0295. The summed E-state index contributed by atoms with van der Waals surface area (Å²) < 4.78 is 13.4. The Labute approximate surface area is 250 Å². The van der Waals surface area contributed by atoms with E-state index in [0.717, 1.165) is 27.8 Å². The third-order valence-electron chi connectivity index (χ3n) is 7.56. The highest BCUT2D eigenvalue weighted by Crippen LogP contribution is 2.45. The van der Waals surface area contributed by atoms with E-state index < -0.39 is 11.5 Å². The molecule has 4 aromatic carbocycles. The number of nitrogens with zero attached hydrogens (tertiary/aromatic N) is 3. The molecular formula is C37H31N3O3. The van der Waals surface area contributed by atoms with Crippen molar-refractivity contribution in [2.45, 2.75) is 12.5 Å². The van der Waals surface area contributed by atoms with E-state index in [9.17, 15) is 4.79 Å². The van der Waals surface area contributed by atoms with Crippen molar-refractivity contribution in [2.24, 2.45) is 0 Å². The predicted octanol–water partition coefficient (Wildman–Crippen LogP) is 7.63. The molecule has 0 bridgehead atoms. The van der Waals surface area contributed by atoms with E-state index in [-0.39, 0.29) is 6.61 Å². The Morgan fingerprint density at radius 2 is 1.33 bits per heavy atom. The maximum Gasteiger partial charge on any atom is 0.341 e. The summed E-state index contributed by atoms with van der Waals surface area (Å²) in [6.45, 7) is 2.05. The second kappa shape index (κ2) is 12.2. The van der Waals surface area contributed by atoms with Gasteiger partial charge in [0.05, 0.1) is 30.3 Å². The molecule has 0 aliphatic heterocycles. The van der Waals surface area contributed by atoms with E-state index in [0.29, 0.717) is 22.4 Å². The molecule has 2 aromatic heterocycles. The molecule has 6 heteroatoms.